The molecule has 0 aromatic heterocycles. The number of amides is 2. The smallest absolute Gasteiger partial charge is 0.240 e. The minimum atomic E-state index is -0.822. The lowest BCUT2D eigenvalue weighted by atomic mass is 10.0. The minimum absolute atomic E-state index is 0.0146. The molecule has 0 saturated carbocycles. The molecule has 3 aromatic rings. The Hall–Kier alpha value is -3.21. The number of fused-ring (bicyclic) bond motifs is 1. The topological polar surface area (TPSA) is 72.2 Å². The molecule has 0 unspecified atom stereocenters. The highest BCUT2D eigenvalue weighted by molar-refractivity contribution is 5.88. The van der Waals surface area contributed by atoms with Gasteiger partial charge in [0, 0.05) is 6.42 Å². The summed E-state index contributed by atoms with van der Waals surface area (Å²) in [5.41, 5.74) is 6.89. The van der Waals surface area contributed by atoms with Gasteiger partial charge in [0.2, 0.25) is 11.8 Å². The van der Waals surface area contributed by atoms with Crippen molar-refractivity contribution in [2.45, 2.75) is 18.9 Å². The van der Waals surface area contributed by atoms with E-state index in [2.05, 4.69) is 5.32 Å². The Kier molecular flexibility index (Phi) is 5.27. The zero-order valence-corrected chi connectivity index (χ0v) is 14.1. The number of rotatable bonds is 6. The zero-order valence-electron chi connectivity index (χ0n) is 14.1. The first-order valence-electron chi connectivity index (χ1n) is 8.32. The Balaban J connectivity index is 1.70. The maximum atomic E-state index is 13.2. The van der Waals surface area contributed by atoms with Crippen molar-refractivity contribution in [3.05, 3.63) is 83.7 Å². The molecule has 132 valence electrons. The van der Waals surface area contributed by atoms with Gasteiger partial charge in [-0.15, -0.1) is 0 Å². The summed E-state index contributed by atoms with van der Waals surface area (Å²) in [6.45, 7) is 0. The van der Waals surface area contributed by atoms with Gasteiger partial charge in [-0.1, -0.05) is 54.6 Å². The van der Waals surface area contributed by atoms with Gasteiger partial charge in [-0.05, 0) is 34.0 Å². The first-order chi connectivity index (χ1) is 12.5. The van der Waals surface area contributed by atoms with Crippen LogP contribution < -0.4 is 11.1 Å². The van der Waals surface area contributed by atoms with Crippen LogP contribution in [0.1, 0.15) is 11.1 Å². The molecule has 0 fully saturated rings. The van der Waals surface area contributed by atoms with Gasteiger partial charge in [-0.25, -0.2) is 4.39 Å². The molecule has 0 radical (unpaired) electrons. The van der Waals surface area contributed by atoms with Crippen molar-refractivity contribution in [3.8, 4) is 0 Å². The Morgan fingerprint density at radius 2 is 1.69 bits per heavy atom. The fourth-order valence-corrected chi connectivity index (χ4v) is 2.90. The average Bonchev–Trinajstić information content (AvgIpc) is 2.61. The van der Waals surface area contributed by atoms with E-state index in [4.69, 9.17) is 5.73 Å². The number of carbonyl (C=O) groups excluding carboxylic acids is 2. The summed E-state index contributed by atoms with van der Waals surface area (Å²) in [4.78, 5) is 24.0. The molecule has 1 atom stereocenters. The van der Waals surface area contributed by atoms with Crippen LogP contribution in [0.2, 0.25) is 0 Å². The van der Waals surface area contributed by atoms with Gasteiger partial charge in [0.05, 0.1) is 6.42 Å². The molecule has 0 aliphatic carbocycles. The van der Waals surface area contributed by atoms with E-state index in [1.54, 1.807) is 12.1 Å². The lowest BCUT2D eigenvalue weighted by molar-refractivity contribution is -0.127. The second-order valence-corrected chi connectivity index (χ2v) is 6.21. The molecule has 3 N–H and O–H groups in total. The van der Waals surface area contributed by atoms with Crippen molar-refractivity contribution in [2.24, 2.45) is 5.73 Å². The van der Waals surface area contributed by atoms with E-state index in [9.17, 15) is 14.0 Å². The van der Waals surface area contributed by atoms with E-state index in [-0.39, 0.29) is 12.3 Å². The fourth-order valence-electron chi connectivity index (χ4n) is 2.90. The lowest BCUT2D eigenvalue weighted by Crippen LogP contribution is -2.46. The highest BCUT2D eigenvalue weighted by Crippen LogP contribution is 2.16. The number of carbonyl (C=O) groups is 2. The summed E-state index contributed by atoms with van der Waals surface area (Å²) in [6, 6.07) is 18.7. The van der Waals surface area contributed by atoms with Crippen molar-refractivity contribution in [1.82, 2.24) is 5.32 Å². The van der Waals surface area contributed by atoms with Crippen molar-refractivity contribution >= 4 is 22.6 Å². The van der Waals surface area contributed by atoms with Gasteiger partial charge >= 0.3 is 0 Å². The second-order valence-electron chi connectivity index (χ2n) is 6.21. The van der Waals surface area contributed by atoms with Crippen molar-refractivity contribution < 1.29 is 14.0 Å². The summed E-state index contributed by atoms with van der Waals surface area (Å²) in [6.07, 6.45) is 0.286. The molecule has 0 aliphatic heterocycles. The predicted octanol–water partition coefficient (Wildman–Crippen LogP) is 2.73. The number of primary amides is 1. The first kappa shape index (κ1) is 17.6. The van der Waals surface area contributed by atoms with Crippen LogP contribution in [-0.2, 0) is 22.4 Å². The van der Waals surface area contributed by atoms with Crippen LogP contribution in [0.25, 0.3) is 10.8 Å². The number of halogens is 1. The number of nitrogens with one attached hydrogen (secondary N) is 1. The summed E-state index contributed by atoms with van der Waals surface area (Å²) >= 11 is 0. The summed E-state index contributed by atoms with van der Waals surface area (Å²) in [7, 11) is 0. The van der Waals surface area contributed by atoms with Crippen LogP contribution in [0, 0.1) is 5.82 Å². The molecule has 0 bridgehead atoms. The third-order valence-electron chi connectivity index (χ3n) is 4.19. The number of hydrogen-bond donors (Lipinski definition) is 2. The number of benzene rings is 3. The van der Waals surface area contributed by atoms with E-state index in [0.717, 1.165) is 16.3 Å². The summed E-state index contributed by atoms with van der Waals surface area (Å²) in [5.74, 6) is -1.39. The molecule has 0 spiro atoms. The molecule has 0 aliphatic rings. The van der Waals surface area contributed by atoms with Gasteiger partial charge in [-0.2, -0.15) is 0 Å². The van der Waals surface area contributed by atoms with Gasteiger partial charge in [0.1, 0.15) is 11.9 Å². The van der Waals surface area contributed by atoms with E-state index in [0.29, 0.717) is 12.0 Å². The molecule has 5 heteroatoms. The Bertz CT molecular complexity index is 955. The predicted molar refractivity (Wildman–Crippen MR) is 98.9 cm³/mol. The largest absolute Gasteiger partial charge is 0.368 e. The minimum Gasteiger partial charge on any atom is -0.368 e. The van der Waals surface area contributed by atoms with Gasteiger partial charge < -0.3 is 11.1 Å². The van der Waals surface area contributed by atoms with Crippen LogP contribution in [0.3, 0.4) is 0 Å². The van der Waals surface area contributed by atoms with Crippen molar-refractivity contribution in [2.75, 3.05) is 0 Å². The zero-order chi connectivity index (χ0) is 18.5. The molecule has 0 heterocycles. The SMILES string of the molecule is NC(=O)[C@H](Cc1ccc2ccccc2c1)NC(=O)Cc1cccc(F)c1. The van der Waals surface area contributed by atoms with Gasteiger partial charge in [0.15, 0.2) is 0 Å². The van der Waals surface area contributed by atoms with Crippen molar-refractivity contribution in [1.29, 1.82) is 0 Å². The van der Waals surface area contributed by atoms with E-state index >= 15 is 0 Å². The van der Waals surface area contributed by atoms with Crippen LogP contribution in [0.5, 0.6) is 0 Å². The molecular weight excluding hydrogens is 331 g/mol. The average molecular weight is 350 g/mol. The quantitative estimate of drug-likeness (QED) is 0.717. The number of hydrogen-bond acceptors (Lipinski definition) is 2. The standard InChI is InChI=1S/C21H19FN2O2/c22-18-7-3-4-14(11-18)13-20(25)24-19(21(23)26)12-15-8-9-16-5-1-2-6-17(16)10-15/h1-11,19H,12-13H2,(H2,23,26)(H,24,25)/t19-/m0/s1. The molecule has 4 nitrogen and oxygen atoms in total. The second kappa shape index (κ2) is 7.78. The third kappa shape index (κ3) is 4.45. The van der Waals surface area contributed by atoms with E-state index in [1.807, 2.05) is 42.5 Å². The van der Waals surface area contributed by atoms with Gasteiger partial charge in [-0.3, -0.25) is 9.59 Å². The molecule has 26 heavy (non-hydrogen) atoms. The first-order valence-corrected chi connectivity index (χ1v) is 8.32. The Morgan fingerprint density at radius 3 is 2.42 bits per heavy atom. The van der Waals surface area contributed by atoms with Crippen molar-refractivity contribution in [3.63, 3.8) is 0 Å². The van der Waals surface area contributed by atoms with Crippen LogP contribution >= 0.6 is 0 Å². The normalized spacial score (nSPS) is 11.9. The van der Waals surface area contributed by atoms with E-state index < -0.39 is 17.8 Å². The highest BCUT2D eigenvalue weighted by Gasteiger charge is 2.19. The lowest BCUT2D eigenvalue weighted by Gasteiger charge is -2.16. The Morgan fingerprint density at radius 1 is 0.923 bits per heavy atom. The van der Waals surface area contributed by atoms with Crippen LogP contribution in [0.15, 0.2) is 66.7 Å². The maximum absolute atomic E-state index is 13.2. The molecule has 0 saturated heterocycles. The number of nitrogens with two attached hydrogens (primary N) is 1. The van der Waals surface area contributed by atoms with Crippen LogP contribution in [-0.4, -0.2) is 17.9 Å². The summed E-state index contributed by atoms with van der Waals surface area (Å²) < 4.78 is 13.2. The molecular formula is C21H19FN2O2. The van der Waals surface area contributed by atoms with E-state index in [1.165, 1.54) is 12.1 Å². The third-order valence-corrected chi connectivity index (χ3v) is 4.19. The monoisotopic (exact) mass is 350 g/mol. The summed E-state index contributed by atoms with van der Waals surface area (Å²) in [5, 5.41) is 4.80. The fraction of sp³-hybridized carbons (Fsp3) is 0.143. The van der Waals surface area contributed by atoms with Crippen LogP contribution in [0.4, 0.5) is 4.39 Å². The van der Waals surface area contributed by atoms with Gasteiger partial charge in [0.25, 0.3) is 0 Å². The molecule has 3 rings (SSSR count). The maximum Gasteiger partial charge on any atom is 0.240 e. The highest BCUT2D eigenvalue weighted by atomic mass is 19.1. The molecule has 3 aromatic carbocycles. The molecule has 2 amide bonds. The Labute approximate surface area is 150 Å².